The highest BCUT2D eigenvalue weighted by molar-refractivity contribution is 5.79. The highest BCUT2D eigenvalue weighted by atomic mass is 16.5. The van der Waals surface area contributed by atoms with Crippen molar-refractivity contribution in [1.29, 1.82) is 0 Å². The van der Waals surface area contributed by atoms with Gasteiger partial charge in [0, 0.05) is 12.3 Å². The lowest BCUT2D eigenvalue weighted by Crippen LogP contribution is -2.29. The average Bonchev–Trinajstić information content (AvgIpc) is 2.49. The van der Waals surface area contributed by atoms with E-state index in [2.05, 4.69) is 11.2 Å². The normalized spacial score (nSPS) is 11.2. The Labute approximate surface area is 119 Å². The lowest BCUT2D eigenvalue weighted by atomic mass is 10.1. The first-order chi connectivity index (χ1) is 9.63. The minimum absolute atomic E-state index is 0.140. The molecule has 0 fully saturated rings. The Hall–Kier alpha value is -2.28. The number of carbonyl (C=O) groups excluding carboxylic acids is 2. The molecule has 0 spiro atoms. The van der Waals surface area contributed by atoms with Crippen LogP contribution in [0.3, 0.4) is 0 Å². The topological polar surface area (TPSA) is 55.4 Å². The van der Waals surface area contributed by atoms with Gasteiger partial charge >= 0.3 is 5.97 Å². The predicted molar refractivity (Wildman–Crippen MR) is 76.5 cm³/mol. The molecule has 1 rings (SSSR count). The first-order valence-electron chi connectivity index (χ1n) is 6.54. The molecule has 0 saturated carbocycles. The van der Waals surface area contributed by atoms with Gasteiger partial charge in [-0.25, -0.2) is 0 Å². The van der Waals surface area contributed by atoms with Crippen molar-refractivity contribution in [2.75, 3.05) is 6.54 Å². The number of carbonyl (C=O) groups is 2. The van der Waals surface area contributed by atoms with E-state index in [4.69, 9.17) is 11.2 Å². The molecule has 1 amide bonds. The quantitative estimate of drug-likeness (QED) is 0.610. The van der Waals surface area contributed by atoms with Crippen LogP contribution in [0.5, 0.6) is 0 Å². The fraction of sp³-hybridized carbons (Fsp3) is 0.375. The first kappa shape index (κ1) is 15.8. The maximum absolute atomic E-state index is 11.6. The van der Waals surface area contributed by atoms with E-state index in [1.54, 1.807) is 6.92 Å². The molecule has 4 heteroatoms. The Balaban J connectivity index is 2.23. The maximum atomic E-state index is 11.6. The molecule has 0 radical (unpaired) electrons. The third-order valence-corrected chi connectivity index (χ3v) is 2.84. The van der Waals surface area contributed by atoms with Crippen LogP contribution in [0, 0.1) is 18.3 Å². The minimum Gasteiger partial charge on any atom is -0.461 e. The molecule has 0 aromatic heterocycles. The summed E-state index contributed by atoms with van der Waals surface area (Å²) in [4.78, 5) is 23.1. The van der Waals surface area contributed by atoms with Gasteiger partial charge < -0.3 is 10.1 Å². The fourth-order valence-electron chi connectivity index (χ4n) is 1.59. The van der Waals surface area contributed by atoms with Crippen LogP contribution in [0.15, 0.2) is 30.3 Å². The van der Waals surface area contributed by atoms with E-state index in [0.717, 1.165) is 5.56 Å². The number of amides is 1. The van der Waals surface area contributed by atoms with Crippen molar-refractivity contribution in [1.82, 2.24) is 5.32 Å². The van der Waals surface area contributed by atoms with Gasteiger partial charge in [0.05, 0.1) is 6.54 Å². The zero-order valence-corrected chi connectivity index (χ0v) is 11.6. The lowest BCUT2D eigenvalue weighted by molar-refractivity contribution is -0.145. The Morgan fingerprint density at radius 3 is 2.70 bits per heavy atom. The van der Waals surface area contributed by atoms with Crippen molar-refractivity contribution in [3.63, 3.8) is 0 Å². The van der Waals surface area contributed by atoms with Crippen LogP contribution in [0.1, 0.15) is 25.3 Å². The van der Waals surface area contributed by atoms with Crippen molar-refractivity contribution in [2.45, 2.75) is 26.4 Å². The van der Waals surface area contributed by atoms with Crippen LogP contribution < -0.4 is 5.32 Å². The standard InChI is InChI=1S/C16H19NO3/c1-3-11-17-16(19)13(2)9-10-15(18)20-12-14-7-5-4-6-8-14/h1,4-8,13H,9-12H2,2H3,(H,17,19). The number of hydrogen-bond acceptors (Lipinski definition) is 3. The van der Waals surface area contributed by atoms with Gasteiger partial charge in [-0.2, -0.15) is 0 Å². The summed E-state index contributed by atoms with van der Waals surface area (Å²) in [5.74, 6) is 1.64. The van der Waals surface area contributed by atoms with E-state index in [1.165, 1.54) is 0 Å². The summed E-state index contributed by atoms with van der Waals surface area (Å²) in [6.45, 7) is 2.23. The number of terminal acetylenes is 1. The number of hydrogen-bond donors (Lipinski definition) is 1. The zero-order valence-electron chi connectivity index (χ0n) is 11.6. The molecule has 1 aromatic rings. The zero-order chi connectivity index (χ0) is 14.8. The van der Waals surface area contributed by atoms with E-state index in [9.17, 15) is 9.59 Å². The van der Waals surface area contributed by atoms with E-state index in [-0.39, 0.29) is 37.4 Å². The third kappa shape index (κ3) is 6.05. The van der Waals surface area contributed by atoms with Crippen LogP contribution in [-0.4, -0.2) is 18.4 Å². The second-order valence-corrected chi connectivity index (χ2v) is 4.51. The second kappa shape index (κ2) is 8.76. The molecule has 0 heterocycles. The average molecular weight is 273 g/mol. The molecule has 4 nitrogen and oxygen atoms in total. The molecule has 0 saturated heterocycles. The van der Waals surface area contributed by atoms with E-state index < -0.39 is 0 Å². The monoisotopic (exact) mass is 273 g/mol. The molecule has 0 aliphatic carbocycles. The van der Waals surface area contributed by atoms with E-state index in [0.29, 0.717) is 6.42 Å². The number of benzene rings is 1. The number of ether oxygens (including phenoxy) is 1. The van der Waals surface area contributed by atoms with E-state index >= 15 is 0 Å². The predicted octanol–water partition coefficient (Wildman–Crippen LogP) is 1.90. The first-order valence-corrected chi connectivity index (χ1v) is 6.54. The van der Waals surface area contributed by atoms with Crippen LogP contribution in [0.2, 0.25) is 0 Å². The summed E-state index contributed by atoms with van der Waals surface area (Å²) in [7, 11) is 0. The molecule has 1 N–H and O–H groups in total. The van der Waals surface area contributed by atoms with Gasteiger partial charge in [0.2, 0.25) is 5.91 Å². The maximum Gasteiger partial charge on any atom is 0.306 e. The molecule has 1 unspecified atom stereocenters. The number of nitrogens with one attached hydrogen (secondary N) is 1. The largest absolute Gasteiger partial charge is 0.461 e. The third-order valence-electron chi connectivity index (χ3n) is 2.84. The molecule has 20 heavy (non-hydrogen) atoms. The Kier molecular flexibility index (Phi) is 6.91. The summed E-state index contributed by atoms with van der Waals surface area (Å²) < 4.78 is 5.14. The SMILES string of the molecule is C#CCNC(=O)C(C)CCC(=O)OCc1ccccc1. The van der Waals surface area contributed by atoms with Crippen molar-refractivity contribution >= 4 is 11.9 Å². The summed E-state index contributed by atoms with van der Waals surface area (Å²) in [5, 5.41) is 2.59. The highest BCUT2D eigenvalue weighted by Gasteiger charge is 2.14. The summed E-state index contributed by atoms with van der Waals surface area (Å²) >= 11 is 0. The Bertz CT molecular complexity index is 476. The lowest BCUT2D eigenvalue weighted by Gasteiger charge is -2.10. The van der Waals surface area contributed by atoms with Crippen molar-refractivity contribution in [3.05, 3.63) is 35.9 Å². The molecule has 0 aliphatic heterocycles. The molecule has 106 valence electrons. The summed E-state index contributed by atoms with van der Waals surface area (Å²) in [6.07, 6.45) is 5.72. The Morgan fingerprint density at radius 1 is 1.35 bits per heavy atom. The van der Waals surface area contributed by atoms with E-state index in [1.807, 2.05) is 30.3 Å². The van der Waals surface area contributed by atoms with Gasteiger partial charge in [-0.15, -0.1) is 6.42 Å². The van der Waals surface area contributed by atoms with Gasteiger partial charge in [0.15, 0.2) is 0 Å². The van der Waals surface area contributed by atoms with Crippen LogP contribution in [0.25, 0.3) is 0 Å². The van der Waals surface area contributed by atoms with Crippen LogP contribution in [-0.2, 0) is 20.9 Å². The molecule has 1 atom stereocenters. The molecular formula is C16H19NO3. The molecule has 0 aliphatic rings. The van der Waals surface area contributed by atoms with Gasteiger partial charge in [0.1, 0.15) is 6.61 Å². The van der Waals surface area contributed by atoms with Crippen LogP contribution >= 0.6 is 0 Å². The smallest absolute Gasteiger partial charge is 0.306 e. The van der Waals surface area contributed by atoms with Crippen molar-refractivity contribution in [3.8, 4) is 12.3 Å². The summed E-state index contributed by atoms with van der Waals surface area (Å²) in [6, 6.07) is 9.47. The van der Waals surface area contributed by atoms with Gasteiger partial charge in [-0.1, -0.05) is 43.2 Å². The van der Waals surface area contributed by atoms with Crippen molar-refractivity contribution in [2.24, 2.45) is 5.92 Å². The van der Waals surface area contributed by atoms with Crippen molar-refractivity contribution < 1.29 is 14.3 Å². The highest BCUT2D eigenvalue weighted by Crippen LogP contribution is 2.08. The Morgan fingerprint density at radius 2 is 2.05 bits per heavy atom. The van der Waals surface area contributed by atoms with Gasteiger partial charge in [-0.05, 0) is 12.0 Å². The van der Waals surface area contributed by atoms with Gasteiger partial charge in [0.25, 0.3) is 0 Å². The van der Waals surface area contributed by atoms with Crippen LogP contribution in [0.4, 0.5) is 0 Å². The van der Waals surface area contributed by atoms with Gasteiger partial charge in [-0.3, -0.25) is 9.59 Å². The summed E-state index contributed by atoms with van der Waals surface area (Å²) in [5.41, 5.74) is 0.945. The number of rotatable bonds is 7. The molecular weight excluding hydrogens is 254 g/mol. The molecule has 0 bridgehead atoms. The number of esters is 1. The minimum atomic E-state index is -0.301. The molecule has 1 aromatic carbocycles. The second-order valence-electron chi connectivity index (χ2n) is 4.51. The fourth-order valence-corrected chi connectivity index (χ4v) is 1.59.